The van der Waals surface area contributed by atoms with Gasteiger partial charge in [-0.05, 0) is 43.7 Å². The number of nitro groups is 1. The summed E-state index contributed by atoms with van der Waals surface area (Å²) in [5.74, 6) is -0.891. The summed E-state index contributed by atoms with van der Waals surface area (Å²) in [5, 5.41) is 13.3. The fourth-order valence-electron chi connectivity index (χ4n) is 2.03. The molecule has 0 aliphatic carbocycles. The standard InChI is InChI=1S/C17H16N2O5/c1-3-24-17(21)13-5-4-11(2)15(10-13)18-16(20)12-6-8-14(9-7-12)19(22)23/h4-10H,3H2,1-2H3,(H,18,20). The fraction of sp³-hybridized carbons (Fsp3) is 0.176. The molecule has 0 aliphatic heterocycles. The van der Waals surface area contributed by atoms with Gasteiger partial charge in [0.05, 0.1) is 17.1 Å². The van der Waals surface area contributed by atoms with Crippen molar-refractivity contribution in [2.75, 3.05) is 11.9 Å². The molecule has 0 heterocycles. The lowest BCUT2D eigenvalue weighted by atomic mass is 10.1. The molecule has 24 heavy (non-hydrogen) atoms. The van der Waals surface area contributed by atoms with Crippen molar-refractivity contribution in [1.82, 2.24) is 0 Å². The first-order valence-electron chi connectivity index (χ1n) is 7.26. The number of anilines is 1. The van der Waals surface area contributed by atoms with Gasteiger partial charge in [-0.15, -0.1) is 0 Å². The zero-order valence-corrected chi connectivity index (χ0v) is 13.2. The first kappa shape index (κ1) is 17.1. The smallest absolute Gasteiger partial charge is 0.338 e. The fourth-order valence-corrected chi connectivity index (χ4v) is 2.03. The first-order valence-corrected chi connectivity index (χ1v) is 7.26. The number of ether oxygens (including phenoxy) is 1. The van der Waals surface area contributed by atoms with E-state index in [1.807, 2.05) is 0 Å². The van der Waals surface area contributed by atoms with Gasteiger partial charge >= 0.3 is 5.97 Å². The second-order valence-corrected chi connectivity index (χ2v) is 5.01. The summed E-state index contributed by atoms with van der Waals surface area (Å²) >= 11 is 0. The van der Waals surface area contributed by atoms with Gasteiger partial charge in [0.1, 0.15) is 0 Å². The molecule has 0 aromatic heterocycles. The molecule has 0 bridgehead atoms. The summed E-state index contributed by atoms with van der Waals surface area (Å²) in [6.45, 7) is 3.76. The highest BCUT2D eigenvalue weighted by atomic mass is 16.6. The Balaban J connectivity index is 2.20. The van der Waals surface area contributed by atoms with E-state index in [1.54, 1.807) is 26.0 Å². The predicted octanol–water partition coefficient (Wildman–Crippen LogP) is 3.33. The number of rotatable bonds is 5. The average Bonchev–Trinajstić information content (AvgIpc) is 2.57. The van der Waals surface area contributed by atoms with Crippen LogP contribution in [0.1, 0.15) is 33.2 Å². The van der Waals surface area contributed by atoms with Crippen molar-refractivity contribution in [3.05, 3.63) is 69.3 Å². The van der Waals surface area contributed by atoms with E-state index in [-0.39, 0.29) is 17.9 Å². The highest BCUT2D eigenvalue weighted by Gasteiger charge is 2.13. The number of aryl methyl sites for hydroxylation is 1. The molecule has 124 valence electrons. The Morgan fingerprint density at radius 2 is 1.75 bits per heavy atom. The van der Waals surface area contributed by atoms with Crippen LogP contribution in [0.4, 0.5) is 11.4 Å². The monoisotopic (exact) mass is 328 g/mol. The highest BCUT2D eigenvalue weighted by molar-refractivity contribution is 6.05. The van der Waals surface area contributed by atoms with E-state index in [1.165, 1.54) is 30.3 Å². The van der Waals surface area contributed by atoms with Gasteiger partial charge in [-0.3, -0.25) is 14.9 Å². The van der Waals surface area contributed by atoms with E-state index in [9.17, 15) is 19.7 Å². The Labute approximate surface area is 138 Å². The molecule has 2 aromatic carbocycles. The van der Waals surface area contributed by atoms with Gasteiger partial charge in [0.2, 0.25) is 0 Å². The van der Waals surface area contributed by atoms with Crippen molar-refractivity contribution < 1.29 is 19.2 Å². The molecule has 0 aliphatic rings. The molecule has 0 saturated carbocycles. The molecular formula is C17H16N2O5. The molecule has 2 aromatic rings. The van der Waals surface area contributed by atoms with Crippen LogP contribution in [0.5, 0.6) is 0 Å². The van der Waals surface area contributed by atoms with Crippen molar-refractivity contribution in [3.8, 4) is 0 Å². The van der Waals surface area contributed by atoms with Gasteiger partial charge in [-0.25, -0.2) is 4.79 Å². The molecule has 2 rings (SSSR count). The van der Waals surface area contributed by atoms with Gasteiger partial charge in [0, 0.05) is 23.4 Å². The third kappa shape index (κ3) is 3.95. The molecule has 7 heteroatoms. The lowest BCUT2D eigenvalue weighted by Crippen LogP contribution is -2.14. The van der Waals surface area contributed by atoms with Crippen LogP contribution < -0.4 is 5.32 Å². The average molecular weight is 328 g/mol. The van der Waals surface area contributed by atoms with Crippen LogP contribution >= 0.6 is 0 Å². The summed E-state index contributed by atoms with van der Waals surface area (Å²) < 4.78 is 4.93. The third-order valence-electron chi connectivity index (χ3n) is 3.34. The number of non-ortho nitro benzene ring substituents is 1. The van der Waals surface area contributed by atoms with Crippen LogP contribution in [0.3, 0.4) is 0 Å². The number of carbonyl (C=O) groups is 2. The van der Waals surface area contributed by atoms with E-state index in [0.717, 1.165) is 5.56 Å². The Kier molecular flexibility index (Phi) is 5.26. The number of benzene rings is 2. The number of esters is 1. The number of hydrogen-bond acceptors (Lipinski definition) is 5. The minimum Gasteiger partial charge on any atom is -0.462 e. The van der Waals surface area contributed by atoms with E-state index in [0.29, 0.717) is 11.3 Å². The second-order valence-electron chi connectivity index (χ2n) is 5.01. The van der Waals surface area contributed by atoms with Gasteiger partial charge < -0.3 is 10.1 Å². The molecule has 1 amide bonds. The summed E-state index contributed by atoms with van der Waals surface area (Å²) in [6, 6.07) is 10.1. The third-order valence-corrected chi connectivity index (χ3v) is 3.34. The van der Waals surface area contributed by atoms with Crippen LogP contribution in [0.25, 0.3) is 0 Å². The summed E-state index contributed by atoms with van der Waals surface area (Å²) in [4.78, 5) is 34.1. The van der Waals surface area contributed by atoms with Crippen LogP contribution in [0, 0.1) is 17.0 Å². The molecular weight excluding hydrogens is 312 g/mol. The SMILES string of the molecule is CCOC(=O)c1ccc(C)c(NC(=O)c2ccc([N+](=O)[O-])cc2)c1. The van der Waals surface area contributed by atoms with Crippen molar-refractivity contribution in [3.63, 3.8) is 0 Å². The minimum absolute atomic E-state index is 0.0907. The number of nitrogens with zero attached hydrogens (tertiary/aromatic N) is 1. The van der Waals surface area contributed by atoms with Gasteiger partial charge in [-0.2, -0.15) is 0 Å². The van der Waals surface area contributed by atoms with Gasteiger partial charge in [-0.1, -0.05) is 6.07 Å². The van der Waals surface area contributed by atoms with Crippen LogP contribution in [-0.4, -0.2) is 23.4 Å². The molecule has 7 nitrogen and oxygen atoms in total. The second kappa shape index (κ2) is 7.36. The molecule has 0 spiro atoms. The zero-order valence-electron chi connectivity index (χ0n) is 13.2. The Morgan fingerprint density at radius 1 is 1.12 bits per heavy atom. The first-order chi connectivity index (χ1) is 11.4. The van der Waals surface area contributed by atoms with Crippen LogP contribution in [0.15, 0.2) is 42.5 Å². The van der Waals surface area contributed by atoms with Crippen LogP contribution in [-0.2, 0) is 4.74 Å². The van der Waals surface area contributed by atoms with E-state index in [2.05, 4.69) is 5.32 Å². The maximum atomic E-state index is 12.3. The zero-order chi connectivity index (χ0) is 17.7. The Morgan fingerprint density at radius 3 is 2.33 bits per heavy atom. The number of carbonyl (C=O) groups excluding carboxylic acids is 2. The number of hydrogen-bond donors (Lipinski definition) is 1. The van der Waals surface area contributed by atoms with Crippen molar-refractivity contribution in [2.24, 2.45) is 0 Å². The molecule has 0 unspecified atom stereocenters. The van der Waals surface area contributed by atoms with Gasteiger partial charge in [0.25, 0.3) is 11.6 Å². The lowest BCUT2D eigenvalue weighted by Gasteiger charge is -2.10. The van der Waals surface area contributed by atoms with Crippen molar-refractivity contribution >= 4 is 23.3 Å². The highest BCUT2D eigenvalue weighted by Crippen LogP contribution is 2.19. The maximum absolute atomic E-state index is 12.3. The lowest BCUT2D eigenvalue weighted by molar-refractivity contribution is -0.384. The Hall–Kier alpha value is -3.22. The summed E-state index contributed by atoms with van der Waals surface area (Å²) in [5.41, 5.74) is 1.78. The normalized spacial score (nSPS) is 10.1. The number of nitrogens with one attached hydrogen (secondary N) is 1. The van der Waals surface area contributed by atoms with Crippen molar-refractivity contribution in [1.29, 1.82) is 0 Å². The molecule has 0 saturated heterocycles. The number of nitro benzene ring substituents is 1. The quantitative estimate of drug-likeness (QED) is 0.515. The topological polar surface area (TPSA) is 98.5 Å². The summed E-state index contributed by atoms with van der Waals surface area (Å²) in [6.07, 6.45) is 0. The molecule has 0 radical (unpaired) electrons. The number of amides is 1. The Bertz CT molecular complexity index is 784. The minimum atomic E-state index is -0.533. The van der Waals surface area contributed by atoms with Gasteiger partial charge in [0.15, 0.2) is 0 Å². The predicted molar refractivity (Wildman–Crippen MR) is 88.2 cm³/mol. The van der Waals surface area contributed by atoms with Crippen LogP contribution in [0.2, 0.25) is 0 Å². The van der Waals surface area contributed by atoms with Crippen molar-refractivity contribution in [2.45, 2.75) is 13.8 Å². The van der Waals surface area contributed by atoms with E-state index >= 15 is 0 Å². The molecule has 0 atom stereocenters. The molecule has 1 N–H and O–H groups in total. The summed E-state index contributed by atoms with van der Waals surface area (Å²) in [7, 11) is 0. The van der Waals surface area contributed by atoms with E-state index < -0.39 is 16.8 Å². The van der Waals surface area contributed by atoms with E-state index in [4.69, 9.17) is 4.74 Å². The molecule has 0 fully saturated rings. The maximum Gasteiger partial charge on any atom is 0.338 e. The largest absolute Gasteiger partial charge is 0.462 e.